The van der Waals surface area contributed by atoms with Crippen molar-refractivity contribution in [3.8, 4) is 0 Å². The Hall–Kier alpha value is -1.55. The first-order valence-electron chi connectivity index (χ1n) is 5.73. The smallest absolute Gasteiger partial charge is 0.203 e. The molecule has 1 aliphatic rings. The lowest BCUT2D eigenvalue weighted by Crippen LogP contribution is -2.34. The molecule has 0 bridgehead atoms. The molecule has 2 N–H and O–H groups in total. The highest BCUT2D eigenvalue weighted by molar-refractivity contribution is 5.77. The zero-order chi connectivity index (χ0) is 11.0. The summed E-state index contributed by atoms with van der Waals surface area (Å²) in [5.41, 5.74) is 2.14. The number of aromatic nitrogens is 2. The number of likely N-dealkylation sites (N-methyl/N-ethyl adjacent to an activating group) is 1. The van der Waals surface area contributed by atoms with Crippen molar-refractivity contribution < 1.29 is 0 Å². The number of para-hydroxylation sites is 2. The van der Waals surface area contributed by atoms with E-state index in [9.17, 15) is 0 Å². The highest BCUT2D eigenvalue weighted by atomic mass is 15.3. The van der Waals surface area contributed by atoms with E-state index in [0.29, 0.717) is 6.04 Å². The number of aromatic amines is 1. The van der Waals surface area contributed by atoms with Gasteiger partial charge in [0.1, 0.15) is 0 Å². The monoisotopic (exact) mass is 216 g/mol. The molecule has 0 radical (unpaired) electrons. The van der Waals surface area contributed by atoms with Crippen LogP contribution < -0.4 is 10.2 Å². The molecule has 0 spiro atoms. The fraction of sp³-hybridized carbons (Fsp3) is 0.417. The van der Waals surface area contributed by atoms with Crippen LogP contribution in [0.25, 0.3) is 11.0 Å². The Morgan fingerprint density at radius 3 is 3.00 bits per heavy atom. The molecule has 2 aromatic rings. The number of rotatable bonds is 2. The van der Waals surface area contributed by atoms with Crippen LogP contribution in [0.4, 0.5) is 5.95 Å². The quantitative estimate of drug-likeness (QED) is 0.796. The lowest BCUT2D eigenvalue weighted by atomic mass is 10.2. The van der Waals surface area contributed by atoms with Crippen LogP contribution in [0.15, 0.2) is 24.3 Å². The molecular weight excluding hydrogens is 200 g/mol. The van der Waals surface area contributed by atoms with Gasteiger partial charge >= 0.3 is 0 Å². The van der Waals surface area contributed by atoms with Crippen molar-refractivity contribution in [1.29, 1.82) is 0 Å². The van der Waals surface area contributed by atoms with Crippen molar-refractivity contribution in [2.45, 2.75) is 12.5 Å². The van der Waals surface area contributed by atoms with Crippen LogP contribution in [0.1, 0.15) is 6.42 Å². The highest BCUT2D eigenvalue weighted by Crippen LogP contribution is 2.19. The van der Waals surface area contributed by atoms with Gasteiger partial charge in [-0.25, -0.2) is 4.98 Å². The van der Waals surface area contributed by atoms with Gasteiger partial charge in [-0.1, -0.05) is 12.1 Å². The molecule has 0 aliphatic carbocycles. The molecule has 1 atom stereocenters. The van der Waals surface area contributed by atoms with Crippen molar-refractivity contribution in [3.05, 3.63) is 24.3 Å². The van der Waals surface area contributed by atoms with Gasteiger partial charge in [0.2, 0.25) is 5.95 Å². The Morgan fingerprint density at radius 2 is 2.25 bits per heavy atom. The van der Waals surface area contributed by atoms with Crippen LogP contribution in [0, 0.1) is 0 Å². The van der Waals surface area contributed by atoms with E-state index in [1.54, 1.807) is 0 Å². The van der Waals surface area contributed by atoms with Crippen molar-refractivity contribution in [3.63, 3.8) is 0 Å². The zero-order valence-corrected chi connectivity index (χ0v) is 9.40. The van der Waals surface area contributed by atoms with Crippen LogP contribution in [-0.4, -0.2) is 36.1 Å². The van der Waals surface area contributed by atoms with Crippen LogP contribution in [0.5, 0.6) is 0 Å². The molecule has 2 heterocycles. The van der Waals surface area contributed by atoms with E-state index in [1.165, 1.54) is 6.42 Å². The van der Waals surface area contributed by atoms with E-state index >= 15 is 0 Å². The minimum atomic E-state index is 0.556. The second kappa shape index (κ2) is 3.79. The SMILES string of the molecule is CN(c1nc2ccccc2[nH]1)[C@@H]1CCNC1. The number of nitrogens with zero attached hydrogens (tertiary/aromatic N) is 2. The highest BCUT2D eigenvalue weighted by Gasteiger charge is 2.21. The number of nitrogens with one attached hydrogen (secondary N) is 2. The second-order valence-corrected chi connectivity index (χ2v) is 4.34. The van der Waals surface area contributed by atoms with Crippen molar-refractivity contribution in [1.82, 2.24) is 15.3 Å². The summed E-state index contributed by atoms with van der Waals surface area (Å²) >= 11 is 0. The molecule has 84 valence electrons. The third-order valence-electron chi connectivity index (χ3n) is 3.29. The third-order valence-corrected chi connectivity index (χ3v) is 3.29. The number of hydrogen-bond donors (Lipinski definition) is 2. The maximum absolute atomic E-state index is 4.60. The van der Waals surface area contributed by atoms with Gasteiger partial charge in [-0.2, -0.15) is 0 Å². The molecule has 3 rings (SSSR count). The lowest BCUT2D eigenvalue weighted by Gasteiger charge is -2.22. The van der Waals surface area contributed by atoms with E-state index in [1.807, 2.05) is 18.2 Å². The van der Waals surface area contributed by atoms with Gasteiger partial charge in [-0.05, 0) is 25.1 Å². The molecule has 16 heavy (non-hydrogen) atoms. The average Bonchev–Trinajstić information content (AvgIpc) is 2.97. The normalized spacial score (nSPS) is 20.4. The summed E-state index contributed by atoms with van der Waals surface area (Å²) in [6.07, 6.45) is 1.19. The van der Waals surface area contributed by atoms with Crippen LogP contribution in [-0.2, 0) is 0 Å². The van der Waals surface area contributed by atoms with Gasteiger partial charge in [0.25, 0.3) is 0 Å². The van der Waals surface area contributed by atoms with E-state index < -0.39 is 0 Å². The summed E-state index contributed by atoms with van der Waals surface area (Å²) in [4.78, 5) is 10.2. The topological polar surface area (TPSA) is 44.0 Å². The number of H-pyrrole nitrogens is 1. The first kappa shape index (κ1) is 9.66. The molecule has 1 aliphatic heterocycles. The van der Waals surface area contributed by atoms with Crippen molar-refractivity contribution in [2.75, 3.05) is 25.0 Å². The van der Waals surface area contributed by atoms with Gasteiger partial charge in [0.15, 0.2) is 0 Å². The van der Waals surface area contributed by atoms with E-state index in [0.717, 1.165) is 30.1 Å². The van der Waals surface area contributed by atoms with Crippen molar-refractivity contribution >= 4 is 17.0 Å². The fourth-order valence-corrected chi connectivity index (χ4v) is 2.25. The Morgan fingerprint density at radius 1 is 1.38 bits per heavy atom. The summed E-state index contributed by atoms with van der Waals surface area (Å²) in [5.74, 6) is 0.968. The first-order chi connectivity index (χ1) is 7.84. The number of anilines is 1. The molecule has 0 amide bonds. The predicted octanol–water partition coefficient (Wildman–Crippen LogP) is 1.36. The molecule has 0 saturated carbocycles. The van der Waals surface area contributed by atoms with Crippen LogP contribution in [0.2, 0.25) is 0 Å². The molecule has 1 fully saturated rings. The molecule has 4 nitrogen and oxygen atoms in total. The standard InChI is InChI=1S/C12H16N4/c1-16(9-6-7-13-8-9)12-14-10-4-2-3-5-11(10)15-12/h2-5,9,13H,6-8H2,1H3,(H,14,15)/t9-/m1/s1. The largest absolute Gasteiger partial charge is 0.341 e. The number of benzene rings is 1. The van der Waals surface area contributed by atoms with Gasteiger partial charge in [-0.15, -0.1) is 0 Å². The Kier molecular flexibility index (Phi) is 2.29. The van der Waals surface area contributed by atoms with Gasteiger partial charge in [0.05, 0.1) is 11.0 Å². The zero-order valence-electron chi connectivity index (χ0n) is 9.40. The minimum absolute atomic E-state index is 0.556. The maximum atomic E-state index is 4.60. The third kappa shape index (κ3) is 1.55. The first-order valence-corrected chi connectivity index (χ1v) is 5.73. The molecular formula is C12H16N4. The summed E-state index contributed by atoms with van der Waals surface area (Å²) in [6, 6.07) is 8.70. The van der Waals surface area contributed by atoms with Gasteiger partial charge in [-0.3, -0.25) is 0 Å². The van der Waals surface area contributed by atoms with Crippen LogP contribution >= 0.6 is 0 Å². The molecule has 1 aromatic carbocycles. The molecule has 1 aromatic heterocycles. The van der Waals surface area contributed by atoms with E-state index in [4.69, 9.17) is 0 Å². The van der Waals surface area contributed by atoms with Crippen LogP contribution in [0.3, 0.4) is 0 Å². The number of hydrogen-bond acceptors (Lipinski definition) is 3. The summed E-state index contributed by atoms with van der Waals surface area (Å²) in [6.45, 7) is 2.16. The molecule has 4 heteroatoms. The van der Waals surface area contributed by atoms with Gasteiger partial charge in [0, 0.05) is 19.6 Å². The summed E-state index contributed by atoms with van der Waals surface area (Å²) in [5, 5.41) is 3.37. The van der Waals surface area contributed by atoms with Gasteiger partial charge < -0.3 is 15.2 Å². The van der Waals surface area contributed by atoms with E-state index in [-0.39, 0.29) is 0 Å². The number of fused-ring (bicyclic) bond motifs is 1. The predicted molar refractivity (Wildman–Crippen MR) is 65.8 cm³/mol. The molecule has 1 saturated heterocycles. The second-order valence-electron chi connectivity index (χ2n) is 4.34. The summed E-state index contributed by atoms with van der Waals surface area (Å²) < 4.78 is 0. The average molecular weight is 216 g/mol. The van der Waals surface area contributed by atoms with Crippen molar-refractivity contribution in [2.24, 2.45) is 0 Å². The Bertz CT molecular complexity index is 451. The fourth-order valence-electron chi connectivity index (χ4n) is 2.25. The molecule has 0 unspecified atom stereocenters. The maximum Gasteiger partial charge on any atom is 0.203 e. The Balaban J connectivity index is 1.92. The number of imidazole rings is 1. The Labute approximate surface area is 94.7 Å². The minimum Gasteiger partial charge on any atom is -0.341 e. The summed E-state index contributed by atoms with van der Waals surface area (Å²) in [7, 11) is 2.11. The lowest BCUT2D eigenvalue weighted by molar-refractivity contribution is 0.672. The van der Waals surface area contributed by atoms with E-state index in [2.05, 4.69) is 33.3 Å².